The number of hydrogen-bond acceptors (Lipinski definition) is 3. The Morgan fingerprint density at radius 3 is 2.95 bits per heavy atom. The van der Waals surface area contributed by atoms with E-state index < -0.39 is 0 Å². The molecule has 1 saturated heterocycles. The van der Waals surface area contributed by atoms with Gasteiger partial charge in [-0.05, 0) is 43.5 Å². The molecule has 1 fully saturated rings. The minimum Gasteiger partial charge on any atom is -0.395 e. The molecule has 0 radical (unpaired) electrons. The highest BCUT2D eigenvalue weighted by molar-refractivity contribution is 5.20. The van der Waals surface area contributed by atoms with Crippen molar-refractivity contribution < 1.29 is 9.50 Å². The maximum Gasteiger partial charge on any atom is 0.123 e. The maximum atomic E-state index is 13.4. The fourth-order valence-corrected chi connectivity index (χ4v) is 3.12. The lowest BCUT2D eigenvalue weighted by molar-refractivity contribution is 0.136. The van der Waals surface area contributed by atoms with Crippen molar-refractivity contribution in [1.29, 1.82) is 0 Å². The molecule has 1 aromatic rings. The topological polar surface area (TPSA) is 35.5 Å². The van der Waals surface area contributed by atoms with Crippen LogP contribution in [-0.2, 0) is 0 Å². The zero-order valence-electron chi connectivity index (χ0n) is 12.2. The lowest BCUT2D eigenvalue weighted by atomic mass is 10.0. The fourth-order valence-electron chi connectivity index (χ4n) is 3.12. The minimum atomic E-state index is -0.191. The molecule has 112 valence electrons. The van der Waals surface area contributed by atoms with E-state index in [0.29, 0.717) is 12.6 Å². The molecule has 0 aliphatic carbocycles. The molecule has 1 heterocycles. The van der Waals surface area contributed by atoms with Gasteiger partial charge in [-0.3, -0.25) is 4.90 Å². The lowest BCUT2D eigenvalue weighted by Crippen LogP contribution is -2.41. The van der Waals surface area contributed by atoms with E-state index in [1.165, 1.54) is 18.9 Å². The van der Waals surface area contributed by atoms with E-state index in [2.05, 4.69) is 17.1 Å². The van der Waals surface area contributed by atoms with Gasteiger partial charge in [-0.25, -0.2) is 4.39 Å². The van der Waals surface area contributed by atoms with Crippen LogP contribution in [0, 0.1) is 5.82 Å². The molecule has 0 aromatic heterocycles. The average molecular weight is 280 g/mol. The zero-order chi connectivity index (χ0) is 14.4. The molecule has 4 heteroatoms. The molecule has 0 amide bonds. The molecule has 2 N–H and O–H groups in total. The smallest absolute Gasteiger partial charge is 0.123 e. The van der Waals surface area contributed by atoms with Gasteiger partial charge in [0, 0.05) is 25.2 Å². The molecule has 2 atom stereocenters. The number of rotatable bonds is 7. The number of halogens is 1. The van der Waals surface area contributed by atoms with Crippen LogP contribution < -0.4 is 5.32 Å². The molecular formula is C16H25FN2O. The Morgan fingerprint density at radius 1 is 1.50 bits per heavy atom. The summed E-state index contributed by atoms with van der Waals surface area (Å²) in [4.78, 5) is 2.28. The highest BCUT2D eigenvalue weighted by atomic mass is 19.1. The number of nitrogens with one attached hydrogen (secondary N) is 1. The molecular weight excluding hydrogens is 255 g/mol. The largest absolute Gasteiger partial charge is 0.395 e. The Kier molecular flexibility index (Phi) is 5.95. The second-order valence-electron chi connectivity index (χ2n) is 5.49. The first-order valence-electron chi connectivity index (χ1n) is 7.58. The van der Waals surface area contributed by atoms with Crippen molar-refractivity contribution in [2.45, 2.75) is 38.3 Å². The summed E-state index contributed by atoms with van der Waals surface area (Å²) in [5.41, 5.74) is 0.999. The highest BCUT2D eigenvalue weighted by Crippen LogP contribution is 2.25. The van der Waals surface area contributed by atoms with Crippen LogP contribution in [0.25, 0.3) is 0 Å². The second kappa shape index (κ2) is 7.72. The van der Waals surface area contributed by atoms with Crippen LogP contribution in [0.2, 0.25) is 0 Å². The summed E-state index contributed by atoms with van der Waals surface area (Å²) < 4.78 is 13.4. The molecule has 20 heavy (non-hydrogen) atoms. The molecule has 1 aliphatic rings. The highest BCUT2D eigenvalue weighted by Gasteiger charge is 2.23. The van der Waals surface area contributed by atoms with Gasteiger partial charge in [-0.2, -0.15) is 0 Å². The predicted octanol–water partition coefficient (Wildman–Crippen LogP) is 2.32. The van der Waals surface area contributed by atoms with E-state index in [4.69, 9.17) is 0 Å². The monoisotopic (exact) mass is 280 g/mol. The van der Waals surface area contributed by atoms with Crippen molar-refractivity contribution in [2.75, 3.05) is 26.2 Å². The first-order valence-corrected chi connectivity index (χ1v) is 7.58. The van der Waals surface area contributed by atoms with Crippen LogP contribution in [0.1, 0.15) is 37.8 Å². The third-order valence-electron chi connectivity index (χ3n) is 4.07. The molecule has 0 saturated carbocycles. The zero-order valence-corrected chi connectivity index (χ0v) is 12.2. The van der Waals surface area contributed by atoms with Crippen molar-refractivity contribution >= 4 is 0 Å². The van der Waals surface area contributed by atoms with Gasteiger partial charge in [-0.1, -0.05) is 19.1 Å². The van der Waals surface area contributed by atoms with Crippen LogP contribution in [0.4, 0.5) is 4.39 Å². The summed E-state index contributed by atoms with van der Waals surface area (Å²) in [6.45, 7) is 4.87. The number of benzene rings is 1. The van der Waals surface area contributed by atoms with E-state index in [-0.39, 0.29) is 18.5 Å². The third kappa shape index (κ3) is 4.01. The van der Waals surface area contributed by atoms with E-state index in [1.807, 2.05) is 6.07 Å². The van der Waals surface area contributed by atoms with Crippen molar-refractivity contribution in [1.82, 2.24) is 10.2 Å². The van der Waals surface area contributed by atoms with Crippen LogP contribution in [-0.4, -0.2) is 42.3 Å². The van der Waals surface area contributed by atoms with Crippen molar-refractivity contribution in [3.8, 4) is 0 Å². The molecule has 1 aliphatic heterocycles. The standard InChI is InChI=1S/C16H25FN2O/c1-2-16(13-5-3-6-14(17)11-13)19(9-10-20)12-15-7-4-8-18-15/h3,5-6,11,15-16,18,20H,2,4,7-10,12H2,1H3. The summed E-state index contributed by atoms with van der Waals surface area (Å²) in [5.74, 6) is -0.191. The van der Waals surface area contributed by atoms with Crippen LogP contribution in [0.15, 0.2) is 24.3 Å². The summed E-state index contributed by atoms with van der Waals surface area (Å²) in [6.07, 6.45) is 3.31. The van der Waals surface area contributed by atoms with Gasteiger partial charge in [0.2, 0.25) is 0 Å². The maximum absolute atomic E-state index is 13.4. The van der Waals surface area contributed by atoms with E-state index in [9.17, 15) is 9.50 Å². The first kappa shape index (κ1) is 15.4. The van der Waals surface area contributed by atoms with Gasteiger partial charge < -0.3 is 10.4 Å². The van der Waals surface area contributed by atoms with Crippen molar-refractivity contribution in [2.24, 2.45) is 0 Å². The Bertz CT molecular complexity index is 407. The molecule has 2 unspecified atom stereocenters. The second-order valence-corrected chi connectivity index (χ2v) is 5.49. The summed E-state index contributed by atoms with van der Waals surface area (Å²) in [5, 5.41) is 12.8. The van der Waals surface area contributed by atoms with E-state index >= 15 is 0 Å². The normalized spacial score (nSPS) is 20.5. The number of nitrogens with zero attached hydrogens (tertiary/aromatic N) is 1. The van der Waals surface area contributed by atoms with E-state index in [1.54, 1.807) is 12.1 Å². The molecule has 0 bridgehead atoms. The minimum absolute atomic E-state index is 0.137. The summed E-state index contributed by atoms with van der Waals surface area (Å²) in [6, 6.07) is 7.48. The SMILES string of the molecule is CCC(c1cccc(F)c1)N(CCO)CC1CCCN1. The van der Waals surface area contributed by atoms with Crippen LogP contribution in [0.3, 0.4) is 0 Å². The quantitative estimate of drug-likeness (QED) is 0.804. The summed E-state index contributed by atoms with van der Waals surface area (Å²) in [7, 11) is 0. The molecule has 2 rings (SSSR count). The fraction of sp³-hybridized carbons (Fsp3) is 0.625. The predicted molar refractivity (Wildman–Crippen MR) is 79.1 cm³/mol. The first-order chi connectivity index (χ1) is 9.74. The van der Waals surface area contributed by atoms with Crippen LogP contribution >= 0.6 is 0 Å². The van der Waals surface area contributed by atoms with E-state index in [0.717, 1.165) is 25.1 Å². The number of hydrogen-bond donors (Lipinski definition) is 2. The third-order valence-corrected chi connectivity index (χ3v) is 4.07. The van der Waals surface area contributed by atoms with Gasteiger partial charge in [-0.15, -0.1) is 0 Å². The Balaban J connectivity index is 2.11. The summed E-state index contributed by atoms with van der Waals surface area (Å²) >= 11 is 0. The number of aliphatic hydroxyl groups is 1. The van der Waals surface area contributed by atoms with Crippen molar-refractivity contribution in [3.05, 3.63) is 35.6 Å². The van der Waals surface area contributed by atoms with Gasteiger partial charge in [0.25, 0.3) is 0 Å². The Hall–Kier alpha value is -0.970. The molecule has 1 aromatic carbocycles. The van der Waals surface area contributed by atoms with Crippen molar-refractivity contribution in [3.63, 3.8) is 0 Å². The Morgan fingerprint density at radius 2 is 2.35 bits per heavy atom. The lowest BCUT2D eigenvalue weighted by Gasteiger charge is -2.33. The molecule has 3 nitrogen and oxygen atoms in total. The Labute approximate surface area is 120 Å². The molecule has 0 spiro atoms. The van der Waals surface area contributed by atoms with Gasteiger partial charge in [0.05, 0.1) is 6.61 Å². The van der Waals surface area contributed by atoms with Crippen LogP contribution in [0.5, 0.6) is 0 Å². The number of aliphatic hydroxyl groups excluding tert-OH is 1. The van der Waals surface area contributed by atoms with Gasteiger partial charge in [0.15, 0.2) is 0 Å². The average Bonchev–Trinajstić information content (AvgIpc) is 2.93. The van der Waals surface area contributed by atoms with Gasteiger partial charge in [0.1, 0.15) is 5.82 Å². The van der Waals surface area contributed by atoms with Gasteiger partial charge >= 0.3 is 0 Å².